The zero-order valence-corrected chi connectivity index (χ0v) is 13.6. The van der Waals surface area contributed by atoms with Crippen LogP contribution in [0.3, 0.4) is 0 Å². The van der Waals surface area contributed by atoms with Crippen molar-refractivity contribution in [3.05, 3.63) is 17.5 Å². The minimum atomic E-state index is -0.769. The number of aryl methyl sites for hydroxylation is 2. The Morgan fingerprint density at radius 1 is 1.55 bits per heavy atom. The van der Waals surface area contributed by atoms with Crippen LogP contribution >= 0.6 is 0 Å². The van der Waals surface area contributed by atoms with E-state index in [0.717, 1.165) is 30.6 Å². The van der Waals surface area contributed by atoms with Gasteiger partial charge < -0.3 is 14.7 Å². The highest BCUT2D eigenvalue weighted by Gasteiger charge is 2.42. The molecule has 22 heavy (non-hydrogen) atoms. The minimum Gasteiger partial charge on any atom is -0.481 e. The molecule has 122 valence electrons. The second kappa shape index (κ2) is 7.05. The molecule has 1 aliphatic heterocycles. The number of aromatic nitrogens is 2. The van der Waals surface area contributed by atoms with Crippen molar-refractivity contribution in [2.75, 3.05) is 31.7 Å². The molecule has 0 amide bonds. The average molecular weight is 307 g/mol. The first-order valence-corrected chi connectivity index (χ1v) is 7.82. The van der Waals surface area contributed by atoms with Gasteiger partial charge in [-0.25, -0.2) is 9.97 Å². The molecule has 1 fully saturated rings. The van der Waals surface area contributed by atoms with E-state index >= 15 is 0 Å². The highest BCUT2D eigenvalue weighted by molar-refractivity contribution is 5.76. The Balaban J connectivity index is 2.23. The van der Waals surface area contributed by atoms with E-state index in [1.54, 1.807) is 7.11 Å². The van der Waals surface area contributed by atoms with E-state index in [2.05, 4.69) is 16.9 Å². The van der Waals surface area contributed by atoms with Gasteiger partial charge in [-0.1, -0.05) is 6.92 Å². The van der Waals surface area contributed by atoms with Crippen molar-refractivity contribution >= 4 is 11.9 Å². The number of aliphatic carboxylic acids is 1. The normalized spacial score (nSPS) is 21.9. The summed E-state index contributed by atoms with van der Waals surface area (Å²) in [6.07, 6.45) is 4.70. The van der Waals surface area contributed by atoms with Crippen LogP contribution in [0.15, 0.2) is 6.20 Å². The number of carboxylic acids is 1. The Bertz CT molecular complexity index is 535. The molecule has 0 aliphatic carbocycles. The molecule has 0 radical (unpaired) electrons. The first kappa shape index (κ1) is 16.7. The lowest BCUT2D eigenvalue weighted by Gasteiger charge is -2.40. The van der Waals surface area contributed by atoms with Gasteiger partial charge in [0, 0.05) is 38.7 Å². The van der Waals surface area contributed by atoms with E-state index in [0.29, 0.717) is 31.9 Å². The van der Waals surface area contributed by atoms with E-state index in [1.807, 2.05) is 18.0 Å². The summed E-state index contributed by atoms with van der Waals surface area (Å²) in [6, 6.07) is 0. The maximum atomic E-state index is 11.8. The first-order valence-electron chi connectivity index (χ1n) is 7.82. The van der Waals surface area contributed by atoms with Crippen molar-refractivity contribution in [1.82, 2.24) is 9.97 Å². The fourth-order valence-electron chi connectivity index (χ4n) is 3.06. The van der Waals surface area contributed by atoms with Gasteiger partial charge in [-0.2, -0.15) is 0 Å². The summed E-state index contributed by atoms with van der Waals surface area (Å²) in [5, 5.41) is 9.70. The van der Waals surface area contributed by atoms with Gasteiger partial charge in [0.05, 0.1) is 5.41 Å². The Morgan fingerprint density at radius 2 is 2.32 bits per heavy atom. The van der Waals surface area contributed by atoms with E-state index in [-0.39, 0.29) is 0 Å². The van der Waals surface area contributed by atoms with Crippen LogP contribution in [0.4, 0.5) is 5.95 Å². The van der Waals surface area contributed by atoms with Gasteiger partial charge in [-0.3, -0.25) is 4.79 Å². The third kappa shape index (κ3) is 3.38. The molecule has 0 spiro atoms. The van der Waals surface area contributed by atoms with E-state index in [1.165, 1.54) is 0 Å². The Labute approximate surface area is 131 Å². The van der Waals surface area contributed by atoms with Crippen LogP contribution in [-0.4, -0.2) is 47.8 Å². The molecule has 6 nitrogen and oxygen atoms in total. The van der Waals surface area contributed by atoms with Crippen LogP contribution in [0.1, 0.15) is 37.4 Å². The van der Waals surface area contributed by atoms with Crippen LogP contribution in [0.5, 0.6) is 0 Å². The minimum absolute atomic E-state index is 0.442. The third-order valence-corrected chi connectivity index (χ3v) is 4.50. The van der Waals surface area contributed by atoms with Gasteiger partial charge in [-0.05, 0) is 38.2 Å². The molecule has 2 rings (SSSR count). The summed E-state index contributed by atoms with van der Waals surface area (Å²) in [6.45, 7) is 5.76. The number of anilines is 1. The number of piperidine rings is 1. The van der Waals surface area contributed by atoms with Gasteiger partial charge in [0.2, 0.25) is 5.95 Å². The molecule has 0 unspecified atom stereocenters. The Kier molecular flexibility index (Phi) is 5.34. The molecule has 2 heterocycles. The lowest BCUT2D eigenvalue weighted by molar-refractivity contribution is -0.150. The smallest absolute Gasteiger partial charge is 0.311 e. The molecule has 0 aromatic carbocycles. The number of nitrogens with zero attached hydrogens (tertiary/aromatic N) is 3. The summed E-state index contributed by atoms with van der Waals surface area (Å²) in [7, 11) is 1.60. The fraction of sp³-hybridized carbons (Fsp3) is 0.688. The Hall–Kier alpha value is -1.69. The number of methoxy groups -OCH3 is 1. The number of hydrogen-bond donors (Lipinski definition) is 1. The molecular formula is C16H25N3O3. The molecular weight excluding hydrogens is 282 g/mol. The largest absolute Gasteiger partial charge is 0.481 e. The number of carboxylic acid groups (broad SMARTS) is 1. The van der Waals surface area contributed by atoms with Gasteiger partial charge in [0.15, 0.2) is 0 Å². The van der Waals surface area contributed by atoms with Crippen molar-refractivity contribution in [2.24, 2.45) is 5.41 Å². The summed E-state index contributed by atoms with van der Waals surface area (Å²) < 4.78 is 5.10. The van der Waals surface area contributed by atoms with Gasteiger partial charge in [-0.15, -0.1) is 0 Å². The molecule has 6 heteroatoms. The van der Waals surface area contributed by atoms with Crippen LogP contribution in [0.25, 0.3) is 0 Å². The fourth-order valence-corrected chi connectivity index (χ4v) is 3.06. The molecule has 1 aromatic heterocycles. The zero-order valence-electron chi connectivity index (χ0n) is 13.6. The highest BCUT2D eigenvalue weighted by atomic mass is 16.5. The molecule has 1 N–H and O–H groups in total. The molecule has 1 aromatic rings. The third-order valence-electron chi connectivity index (χ3n) is 4.50. The van der Waals surface area contributed by atoms with Crippen molar-refractivity contribution < 1.29 is 14.6 Å². The standard InChI is InChI=1S/C16H25N3O3/c1-4-13-12(2)10-17-15(18-13)19-8-5-6-16(11-19,14(20)21)7-9-22-3/h10H,4-9,11H2,1-3H3,(H,20,21)/t16-/m1/s1. The summed E-state index contributed by atoms with van der Waals surface area (Å²) in [5.74, 6) is -0.109. The number of carbonyl (C=O) groups is 1. The zero-order chi connectivity index (χ0) is 16.2. The molecule has 0 bridgehead atoms. The van der Waals surface area contributed by atoms with Crippen molar-refractivity contribution in [3.8, 4) is 0 Å². The summed E-state index contributed by atoms with van der Waals surface area (Å²) in [4.78, 5) is 22.8. The quantitative estimate of drug-likeness (QED) is 0.867. The maximum Gasteiger partial charge on any atom is 0.311 e. The van der Waals surface area contributed by atoms with Gasteiger partial charge >= 0.3 is 5.97 Å². The van der Waals surface area contributed by atoms with E-state index in [4.69, 9.17) is 4.74 Å². The van der Waals surface area contributed by atoms with E-state index < -0.39 is 11.4 Å². The van der Waals surface area contributed by atoms with Crippen LogP contribution < -0.4 is 4.90 Å². The number of hydrogen-bond acceptors (Lipinski definition) is 5. The SMILES string of the molecule is CCc1nc(N2CCC[C@](CCOC)(C(=O)O)C2)ncc1C. The van der Waals surface area contributed by atoms with Crippen LogP contribution in [-0.2, 0) is 16.0 Å². The topological polar surface area (TPSA) is 75.6 Å². The molecule has 0 saturated carbocycles. The highest BCUT2D eigenvalue weighted by Crippen LogP contribution is 2.35. The summed E-state index contributed by atoms with van der Waals surface area (Å²) in [5.41, 5.74) is 1.33. The second-order valence-corrected chi connectivity index (χ2v) is 6.01. The second-order valence-electron chi connectivity index (χ2n) is 6.01. The van der Waals surface area contributed by atoms with Gasteiger partial charge in [0.25, 0.3) is 0 Å². The van der Waals surface area contributed by atoms with E-state index in [9.17, 15) is 9.90 Å². The van der Waals surface area contributed by atoms with Crippen molar-refractivity contribution in [2.45, 2.75) is 39.5 Å². The first-order chi connectivity index (χ1) is 10.5. The van der Waals surface area contributed by atoms with Crippen molar-refractivity contribution in [1.29, 1.82) is 0 Å². The molecule has 1 aliphatic rings. The number of rotatable bonds is 6. The summed E-state index contributed by atoms with van der Waals surface area (Å²) >= 11 is 0. The lowest BCUT2D eigenvalue weighted by Crippen LogP contribution is -2.49. The monoisotopic (exact) mass is 307 g/mol. The lowest BCUT2D eigenvalue weighted by atomic mass is 9.77. The molecule has 1 saturated heterocycles. The predicted octanol–water partition coefficient (Wildman–Crippen LogP) is 2.06. The van der Waals surface area contributed by atoms with Gasteiger partial charge in [0.1, 0.15) is 0 Å². The Morgan fingerprint density at radius 3 is 2.95 bits per heavy atom. The van der Waals surface area contributed by atoms with Crippen molar-refractivity contribution in [3.63, 3.8) is 0 Å². The number of ether oxygens (including phenoxy) is 1. The predicted molar refractivity (Wildman–Crippen MR) is 84.2 cm³/mol. The van der Waals surface area contributed by atoms with Crippen LogP contribution in [0, 0.1) is 12.3 Å². The molecule has 1 atom stereocenters. The van der Waals surface area contributed by atoms with Crippen LogP contribution in [0.2, 0.25) is 0 Å². The maximum absolute atomic E-state index is 11.8. The average Bonchev–Trinajstić information content (AvgIpc) is 2.53.